The third-order valence-corrected chi connectivity index (χ3v) is 3.24. The molecule has 1 aromatic carbocycles. The molecule has 0 radical (unpaired) electrons. The van der Waals surface area contributed by atoms with Gasteiger partial charge < -0.3 is 20.6 Å². The first kappa shape index (κ1) is 14.3. The molecule has 2 rings (SSSR count). The van der Waals surface area contributed by atoms with Crippen molar-refractivity contribution >= 4 is 17.6 Å². The van der Waals surface area contributed by atoms with E-state index in [-0.39, 0.29) is 11.9 Å². The molecule has 1 aliphatic rings. The first-order valence-corrected chi connectivity index (χ1v) is 6.67. The Balaban J connectivity index is 1.95. The van der Waals surface area contributed by atoms with Crippen LogP contribution in [-0.2, 0) is 4.79 Å². The number of aliphatic hydroxyl groups excluding tert-OH is 1. The van der Waals surface area contributed by atoms with Gasteiger partial charge >= 0.3 is 6.03 Å². The highest BCUT2D eigenvalue weighted by atomic mass is 16.3. The molecule has 1 heterocycles. The fourth-order valence-electron chi connectivity index (χ4n) is 2.02. The second-order valence-electron chi connectivity index (χ2n) is 4.82. The fourth-order valence-corrected chi connectivity index (χ4v) is 2.02. The van der Waals surface area contributed by atoms with Crippen LogP contribution < -0.4 is 10.6 Å². The Morgan fingerprint density at radius 2 is 2.05 bits per heavy atom. The quantitative estimate of drug-likeness (QED) is 0.757. The van der Waals surface area contributed by atoms with Crippen molar-refractivity contribution in [2.24, 2.45) is 0 Å². The van der Waals surface area contributed by atoms with E-state index in [1.165, 1.54) is 0 Å². The van der Waals surface area contributed by atoms with Gasteiger partial charge in [0.25, 0.3) is 0 Å². The molecular weight excluding hydrogens is 258 g/mol. The Bertz CT molecular complexity index is 485. The molecule has 3 N–H and O–H groups in total. The normalized spacial score (nSPS) is 17.1. The van der Waals surface area contributed by atoms with Crippen LogP contribution in [0.15, 0.2) is 24.3 Å². The second kappa shape index (κ2) is 6.38. The number of anilines is 1. The molecule has 0 saturated carbocycles. The van der Waals surface area contributed by atoms with Gasteiger partial charge in [0.1, 0.15) is 0 Å². The Labute approximate surface area is 117 Å². The first-order valence-electron chi connectivity index (χ1n) is 6.67. The number of benzene rings is 1. The van der Waals surface area contributed by atoms with Crippen molar-refractivity contribution in [3.05, 3.63) is 29.8 Å². The van der Waals surface area contributed by atoms with Crippen LogP contribution in [0.2, 0.25) is 0 Å². The van der Waals surface area contributed by atoms with Crippen LogP contribution in [-0.4, -0.2) is 41.6 Å². The first-order chi connectivity index (χ1) is 9.56. The maximum absolute atomic E-state index is 12.1. The average Bonchev–Trinajstić information content (AvgIpc) is 2.64. The highest BCUT2D eigenvalue weighted by Gasteiger charge is 2.18. The molecule has 1 atom stereocenters. The van der Waals surface area contributed by atoms with Crippen LogP contribution in [0, 0.1) is 0 Å². The highest BCUT2D eigenvalue weighted by Crippen LogP contribution is 2.16. The summed E-state index contributed by atoms with van der Waals surface area (Å²) >= 11 is 0. The van der Waals surface area contributed by atoms with E-state index in [1.807, 2.05) is 0 Å². The number of amides is 3. The van der Waals surface area contributed by atoms with E-state index in [9.17, 15) is 14.7 Å². The van der Waals surface area contributed by atoms with Gasteiger partial charge in [-0.2, -0.15) is 0 Å². The highest BCUT2D eigenvalue weighted by molar-refractivity contribution is 5.90. The minimum atomic E-state index is -0.526. The predicted octanol–water partition coefficient (Wildman–Crippen LogP) is 1.09. The van der Waals surface area contributed by atoms with Crippen molar-refractivity contribution in [3.8, 4) is 0 Å². The monoisotopic (exact) mass is 277 g/mol. The lowest BCUT2D eigenvalue weighted by atomic mass is 10.1. The summed E-state index contributed by atoms with van der Waals surface area (Å²) < 4.78 is 0. The summed E-state index contributed by atoms with van der Waals surface area (Å²) in [6.07, 6.45) is -0.198. The molecule has 0 aromatic heterocycles. The fraction of sp³-hybridized carbons (Fsp3) is 0.429. The Morgan fingerprint density at radius 1 is 1.35 bits per heavy atom. The summed E-state index contributed by atoms with van der Waals surface area (Å²) in [5.74, 6) is -0.0263. The lowest BCUT2D eigenvalue weighted by molar-refractivity contribution is -0.120. The summed E-state index contributed by atoms with van der Waals surface area (Å²) in [4.78, 5) is 24.9. The second-order valence-corrected chi connectivity index (χ2v) is 4.82. The zero-order valence-electron chi connectivity index (χ0n) is 11.4. The lowest BCUT2D eigenvalue weighted by Gasteiger charge is -2.20. The number of hydrogen-bond donors (Lipinski definition) is 3. The van der Waals surface area contributed by atoms with E-state index >= 15 is 0 Å². The minimum Gasteiger partial charge on any atom is -0.389 e. The molecular formula is C14H19N3O3. The largest absolute Gasteiger partial charge is 0.389 e. The molecule has 6 nitrogen and oxygen atoms in total. The van der Waals surface area contributed by atoms with Crippen molar-refractivity contribution in [3.63, 3.8) is 0 Å². The lowest BCUT2D eigenvalue weighted by Crippen LogP contribution is -2.37. The number of carbonyl (C=O) groups is 2. The van der Waals surface area contributed by atoms with Gasteiger partial charge in [0.15, 0.2) is 0 Å². The zero-order valence-corrected chi connectivity index (χ0v) is 11.4. The van der Waals surface area contributed by atoms with Crippen molar-refractivity contribution in [1.29, 1.82) is 0 Å². The smallest absolute Gasteiger partial charge is 0.321 e. The van der Waals surface area contributed by atoms with Gasteiger partial charge in [-0.25, -0.2) is 4.79 Å². The molecule has 0 spiro atoms. The summed E-state index contributed by atoms with van der Waals surface area (Å²) in [5, 5.41) is 14.9. The number of nitrogens with zero attached hydrogens (tertiary/aromatic N) is 1. The molecule has 0 aliphatic carbocycles. The molecule has 20 heavy (non-hydrogen) atoms. The van der Waals surface area contributed by atoms with Gasteiger partial charge in [0.2, 0.25) is 5.91 Å². The average molecular weight is 277 g/mol. The van der Waals surface area contributed by atoms with Crippen molar-refractivity contribution in [2.75, 3.05) is 25.0 Å². The summed E-state index contributed by atoms with van der Waals surface area (Å²) in [6, 6.07) is 6.83. The number of hydrogen-bond acceptors (Lipinski definition) is 3. The van der Waals surface area contributed by atoms with E-state index in [0.717, 1.165) is 5.56 Å². The van der Waals surface area contributed by atoms with Crippen molar-refractivity contribution < 1.29 is 14.7 Å². The van der Waals surface area contributed by atoms with E-state index in [0.29, 0.717) is 31.7 Å². The van der Waals surface area contributed by atoms with Gasteiger partial charge in [-0.3, -0.25) is 4.79 Å². The zero-order chi connectivity index (χ0) is 14.5. The number of urea groups is 1. The van der Waals surface area contributed by atoms with E-state index in [4.69, 9.17) is 0 Å². The minimum absolute atomic E-state index is 0.0263. The van der Waals surface area contributed by atoms with Gasteiger partial charge in [-0.05, 0) is 24.6 Å². The van der Waals surface area contributed by atoms with E-state index in [1.54, 1.807) is 36.1 Å². The Hall–Kier alpha value is -2.08. The predicted molar refractivity (Wildman–Crippen MR) is 75.3 cm³/mol. The SMILES string of the molecule is CC(O)c1ccc(NC(=O)N2CCNC(=O)CC2)cc1. The van der Waals surface area contributed by atoms with Crippen molar-refractivity contribution in [2.45, 2.75) is 19.4 Å². The van der Waals surface area contributed by atoms with Gasteiger partial charge in [0.05, 0.1) is 6.10 Å². The third-order valence-electron chi connectivity index (χ3n) is 3.24. The molecule has 0 bridgehead atoms. The molecule has 1 fully saturated rings. The van der Waals surface area contributed by atoms with E-state index in [2.05, 4.69) is 10.6 Å². The Kier molecular flexibility index (Phi) is 4.57. The third kappa shape index (κ3) is 3.71. The molecule has 6 heteroatoms. The van der Waals surface area contributed by atoms with Gasteiger partial charge in [-0.1, -0.05) is 12.1 Å². The van der Waals surface area contributed by atoms with Crippen LogP contribution in [0.4, 0.5) is 10.5 Å². The Morgan fingerprint density at radius 3 is 2.70 bits per heavy atom. The molecule has 1 aromatic rings. The number of nitrogens with one attached hydrogen (secondary N) is 2. The standard InChI is InChI=1S/C14H19N3O3/c1-10(18)11-2-4-12(5-3-11)16-14(20)17-8-6-13(19)15-7-9-17/h2-5,10,18H,6-9H2,1H3,(H,15,19)(H,16,20). The molecule has 1 saturated heterocycles. The molecule has 3 amide bonds. The number of carbonyl (C=O) groups excluding carboxylic acids is 2. The van der Waals surface area contributed by atoms with Crippen LogP contribution in [0.3, 0.4) is 0 Å². The van der Waals surface area contributed by atoms with Gasteiger partial charge in [-0.15, -0.1) is 0 Å². The number of rotatable bonds is 2. The van der Waals surface area contributed by atoms with Crippen LogP contribution >= 0.6 is 0 Å². The molecule has 1 unspecified atom stereocenters. The summed E-state index contributed by atoms with van der Waals surface area (Å²) in [7, 11) is 0. The van der Waals surface area contributed by atoms with Crippen LogP contribution in [0.5, 0.6) is 0 Å². The van der Waals surface area contributed by atoms with E-state index < -0.39 is 6.10 Å². The van der Waals surface area contributed by atoms with Crippen LogP contribution in [0.1, 0.15) is 25.0 Å². The molecule has 108 valence electrons. The summed E-state index contributed by atoms with van der Waals surface area (Å²) in [6.45, 7) is 3.09. The number of aliphatic hydroxyl groups is 1. The van der Waals surface area contributed by atoms with Crippen molar-refractivity contribution in [1.82, 2.24) is 10.2 Å². The maximum Gasteiger partial charge on any atom is 0.321 e. The summed E-state index contributed by atoms with van der Waals surface area (Å²) in [5.41, 5.74) is 1.47. The topological polar surface area (TPSA) is 81.7 Å². The van der Waals surface area contributed by atoms with Gasteiger partial charge in [0, 0.05) is 31.7 Å². The maximum atomic E-state index is 12.1. The van der Waals surface area contributed by atoms with Crippen LogP contribution in [0.25, 0.3) is 0 Å². The molecule has 1 aliphatic heterocycles.